The summed E-state index contributed by atoms with van der Waals surface area (Å²) < 4.78 is 23.3. The van der Waals surface area contributed by atoms with E-state index >= 15 is 0 Å². The zero-order chi connectivity index (χ0) is 28.9. The van der Waals surface area contributed by atoms with Crippen LogP contribution in [0.1, 0.15) is 26.2 Å². The van der Waals surface area contributed by atoms with Crippen LogP contribution >= 0.6 is 0 Å². The number of anilines is 1. The van der Waals surface area contributed by atoms with E-state index in [2.05, 4.69) is 20.3 Å². The summed E-state index contributed by atoms with van der Waals surface area (Å²) in [6.07, 6.45) is 3.28. The summed E-state index contributed by atoms with van der Waals surface area (Å²) in [5.74, 6) is 0.490. The van der Waals surface area contributed by atoms with E-state index in [1.165, 1.54) is 6.33 Å². The Labute approximate surface area is 238 Å². The van der Waals surface area contributed by atoms with Gasteiger partial charge in [-0.3, -0.25) is 4.79 Å². The maximum atomic E-state index is 12.1. The smallest absolute Gasteiger partial charge is 0.222 e. The number of ether oxygens (including phenoxy) is 4. The van der Waals surface area contributed by atoms with Crippen molar-refractivity contribution >= 4 is 33.7 Å². The van der Waals surface area contributed by atoms with Crippen molar-refractivity contribution in [3.63, 3.8) is 0 Å². The molecule has 0 unspecified atom stereocenters. The predicted octanol–water partition coefficient (Wildman–Crippen LogP) is 2.64. The minimum Gasteiger partial charge on any atom is -0.508 e. The Hall–Kier alpha value is -3.78. The van der Waals surface area contributed by atoms with Crippen molar-refractivity contribution in [2.75, 3.05) is 65.1 Å². The maximum absolute atomic E-state index is 12.1. The Morgan fingerprint density at radius 1 is 1.00 bits per heavy atom. The number of nitrogens with two attached hydrogens (primary N) is 1. The first-order valence-corrected chi connectivity index (χ1v) is 13.9. The van der Waals surface area contributed by atoms with Crippen LogP contribution in [0.2, 0.25) is 0 Å². The summed E-state index contributed by atoms with van der Waals surface area (Å²) in [6.45, 7) is 7.20. The summed E-state index contributed by atoms with van der Waals surface area (Å²) in [6, 6.07) is 7.05. The minimum absolute atomic E-state index is 0.0502. The lowest BCUT2D eigenvalue weighted by Gasteiger charge is -2.08. The first-order chi connectivity index (χ1) is 20.1. The first kappa shape index (κ1) is 30.2. The highest BCUT2D eigenvalue weighted by molar-refractivity contribution is 5.99. The summed E-state index contributed by atoms with van der Waals surface area (Å²) in [7, 11) is 0. The number of phenols is 1. The molecular formula is C28H39N7O6. The third-order valence-corrected chi connectivity index (χ3v) is 6.33. The van der Waals surface area contributed by atoms with E-state index in [0.717, 1.165) is 29.4 Å². The Balaban J connectivity index is 1.14. The van der Waals surface area contributed by atoms with Gasteiger partial charge in [0.25, 0.3) is 0 Å². The van der Waals surface area contributed by atoms with Crippen LogP contribution in [0.3, 0.4) is 0 Å². The van der Waals surface area contributed by atoms with Gasteiger partial charge in [-0.2, -0.15) is 5.10 Å². The quantitative estimate of drug-likeness (QED) is 0.123. The highest BCUT2D eigenvalue weighted by atomic mass is 16.6. The van der Waals surface area contributed by atoms with Gasteiger partial charge in [0, 0.05) is 37.0 Å². The Morgan fingerprint density at radius 3 is 2.49 bits per heavy atom. The molecular weight excluding hydrogens is 530 g/mol. The molecule has 0 aliphatic heterocycles. The third kappa shape index (κ3) is 8.85. The van der Waals surface area contributed by atoms with Crippen LogP contribution in [0.5, 0.6) is 5.75 Å². The molecule has 0 aliphatic rings. The predicted molar refractivity (Wildman–Crippen MR) is 155 cm³/mol. The number of aromatic nitrogens is 5. The average Bonchev–Trinajstić information content (AvgIpc) is 3.55. The van der Waals surface area contributed by atoms with Gasteiger partial charge in [0.2, 0.25) is 5.91 Å². The van der Waals surface area contributed by atoms with E-state index < -0.39 is 0 Å². The average molecular weight is 570 g/mol. The van der Waals surface area contributed by atoms with Crippen molar-refractivity contribution in [2.45, 2.75) is 32.7 Å². The van der Waals surface area contributed by atoms with Gasteiger partial charge >= 0.3 is 0 Å². The summed E-state index contributed by atoms with van der Waals surface area (Å²) in [5.41, 5.74) is 9.14. The molecule has 0 saturated heterocycles. The number of hydrogen-bond acceptors (Lipinski definition) is 10. The second-order valence-corrected chi connectivity index (χ2v) is 9.32. The van der Waals surface area contributed by atoms with Crippen molar-refractivity contribution in [3.05, 3.63) is 30.6 Å². The van der Waals surface area contributed by atoms with Gasteiger partial charge < -0.3 is 40.1 Å². The van der Waals surface area contributed by atoms with Gasteiger partial charge in [-0.15, -0.1) is 0 Å². The zero-order valence-corrected chi connectivity index (χ0v) is 23.4. The number of hydrogen-bond donors (Lipinski definition) is 4. The summed E-state index contributed by atoms with van der Waals surface area (Å²) >= 11 is 0. The van der Waals surface area contributed by atoms with Crippen LogP contribution in [0.15, 0.2) is 30.6 Å². The van der Waals surface area contributed by atoms with E-state index in [9.17, 15) is 9.90 Å². The van der Waals surface area contributed by atoms with Crippen LogP contribution in [-0.2, 0) is 30.3 Å². The van der Waals surface area contributed by atoms with E-state index in [0.29, 0.717) is 94.9 Å². The highest BCUT2D eigenvalue weighted by Crippen LogP contribution is 2.32. The molecule has 1 aromatic carbocycles. The number of nitrogen functional groups attached to an aromatic ring is 1. The maximum Gasteiger partial charge on any atom is 0.222 e. The van der Waals surface area contributed by atoms with Crippen molar-refractivity contribution in [1.82, 2.24) is 30.0 Å². The summed E-state index contributed by atoms with van der Waals surface area (Å²) in [4.78, 5) is 24.0. The Morgan fingerprint density at radius 2 is 1.73 bits per heavy atom. The van der Waals surface area contributed by atoms with Gasteiger partial charge in [0.15, 0.2) is 5.65 Å². The van der Waals surface area contributed by atoms with E-state index in [1.54, 1.807) is 12.1 Å². The number of benzene rings is 1. The molecule has 0 saturated carbocycles. The number of rotatable bonds is 19. The fraction of sp³-hybridized carbons (Fsp3) is 0.500. The van der Waals surface area contributed by atoms with Gasteiger partial charge in [-0.25, -0.2) is 14.6 Å². The number of nitrogens with one attached hydrogen (secondary N) is 2. The molecule has 0 fully saturated rings. The van der Waals surface area contributed by atoms with E-state index in [1.807, 2.05) is 23.7 Å². The van der Waals surface area contributed by atoms with E-state index in [4.69, 9.17) is 29.8 Å². The Kier molecular flexibility index (Phi) is 11.7. The molecule has 0 spiro atoms. The molecule has 4 rings (SSSR count). The largest absolute Gasteiger partial charge is 0.508 e. The molecule has 222 valence electrons. The second kappa shape index (κ2) is 15.9. The van der Waals surface area contributed by atoms with Crippen LogP contribution < -0.4 is 11.1 Å². The number of unbranched alkanes of at least 4 members (excludes halogenated alkanes) is 1. The van der Waals surface area contributed by atoms with Gasteiger partial charge in [-0.05, 0) is 44.0 Å². The molecule has 41 heavy (non-hydrogen) atoms. The van der Waals surface area contributed by atoms with Gasteiger partial charge in [0.1, 0.15) is 23.6 Å². The lowest BCUT2D eigenvalue weighted by Crippen LogP contribution is -2.26. The molecule has 3 heterocycles. The number of carbonyl (C=O) groups is 1. The molecule has 0 bridgehead atoms. The Bertz CT molecular complexity index is 1390. The highest BCUT2D eigenvalue weighted by Gasteiger charge is 2.18. The number of aromatic amines is 1. The topological polar surface area (TPSA) is 172 Å². The fourth-order valence-electron chi connectivity index (χ4n) is 4.29. The molecule has 3 aromatic heterocycles. The van der Waals surface area contributed by atoms with Crippen molar-refractivity contribution in [3.8, 4) is 17.1 Å². The number of nitrogens with zero attached hydrogens (tertiary/aromatic N) is 4. The molecule has 13 nitrogen and oxygen atoms in total. The number of H-pyrrole nitrogens is 1. The second-order valence-electron chi connectivity index (χ2n) is 9.32. The van der Waals surface area contributed by atoms with Crippen LogP contribution in [0, 0.1) is 0 Å². The van der Waals surface area contributed by atoms with Crippen molar-refractivity contribution in [1.29, 1.82) is 0 Å². The summed E-state index contributed by atoms with van der Waals surface area (Å²) in [5, 5.41) is 19.1. The first-order valence-electron chi connectivity index (χ1n) is 13.9. The number of fused-ring (bicyclic) bond motifs is 2. The molecule has 0 aliphatic carbocycles. The molecule has 1 amide bonds. The number of amides is 1. The minimum atomic E-state index is -0.0502. The molecule has 13 heteroatoms. The number of aromatic hydroxyl groups is 1. The normalized spacial score (nSPS) is 11.5. The SMILES string of the molecule is CCOCCOCCOCCOCCC(=O)NCCCCn1nc(-c2cc3cc(O)ccc3[nH]2)c2c(N)ncnc21. The third-order valence-electron chi connectivity index (χ3n) is 6.33. The number of phenolic OH excluding ortho intramolecular Hbond substituents is 1. The number of aryl methyl sites for hydroxylation is 1. The molecule has 5 N–H and O–H groups in total. The van der Waals surface area contributed by atoms with E-state index in [-0.39, 0.29) is 11.7 Å². The number of carbonyl (C=O) groups excluding carboxylic acids is 1. The molecule has 0 radical (unpaired) electrons. The zero-order valence-electron chi connectivity index (χ0n) is 23.4. The van der Waals surface area contributed by atoms with Gasteiger partial charge in [-0.1, -0.05) is 0 Å². The molecule has 0 atom stereocenters. The standard InChI is InChI=1S/C28H39N7O6/c1-2-38-11-12-40-15-16-41-14-13-39-10-7-24(37)30-8-3-4-9-35-28-25(27(29)31-19-32-28)26(34-35)23-18-20-17-21(36)5-6-22(20)33-23/h5-6,17-19,33,36H,2-4,7-16H2,1H3,(H,30,37)(H2,29,31,32). The lowest BCUT2D eigenvalue weighted by atomic mass is 10.2. The van der Waals surface area contributed by atoms with Gasteiger partial charge in [0.05, 0.1) is 57.3 Å². The lowest BCUT2D eigenvalue weighted by molar-refractivity contribution is -0.122. The van der Waals surface area contributed by atoms with Crippen LogP contribution in [-0.4, -0.2) is 95.1 Å². The van der Waals surface area contributed by atoms with Crippen molar-refractivity contribution < 1.29 is 28.8 Å². The molecule has 4 aromatic rings. The fourth-order valence-corrected chi connectivity index (χ4v) is 4.29. The van der Waals surface area contributed by atoms with Crippen molar-refractivity contribution in [2.24, 2.45) is 0 Å². The monoisotopic (exact) mass is 569 g/mol. The van der Waals surface area contributed by atoms with Crippen LogP contribution in [0.4, 0.5) is 5.82 Å². The van der Waals surface area contributed by atoms with Crippen LogP contribution in [0.25, 0.3) is 33.3 Å².